The molecule has 2 N–H and O–H groups in total. The van der Waals surface area contributed by atoms with Crippen LogP contribution in [0.25, 0.3) is 22.4 Å². The third-order valence-corrected chi connectivity index (χ3v) is 4.76. The number of aromatic nitrogens is 1. The van der Waals surface area contributed by atoms with E-state index in [2.05, 4.69) is 5.16 Å². The molecule has 0 amide bonds. The third kappa shape index (κ3) is 3.28. The van der Waals surface area contributed by atoms with Crippen LogP contribution < -0.4 is 5.14 Å². The predicted molar refractivity (Wildman–Crippen MR) is 88.4 cm³/mol. The van der Waals surface area contributed by atoms with Gasteiger partial charge in [0, 0.05) is 10.6 Å². The Morgan fingerprint density at radius 3 is 2.16 bits per heavy atom. The monoisotopic (exact) mass is 384 g/mol. The molecule has 0 fully saturated rings. The van der Waals surface area contributed by atoms with E-state index in [4.69, 9.17) is 21.3 Å². The molecular formula is C16H11ClF2N2O3S. The number of nitrogens with two attached hydrogens (primary N) is 1. The van der Waals surface area contributed by atoms with Crippen LogP contribution in [0.5, 0.6) is 0 Å². The zero-order valence-corrected chi connectivity index (χ0v) is 14.3. The Morgan fingerprint density at radius 2 is 1.64 bits per heavy atom. The van der Waals surface area contributed by atoms with E-state index in [9.17, 15) is 17.2 Å². The Labute approximate surface area is 147 Å². The number of halogens is 3. The van der Waals surface area contributed by atoms with Crippen molar-refractivity contribution >= 4 is 21.6 Å². The van der Waals surface area contributed by atoms with Gasteiger partial charge in [-0.2, -0.15) is 0 Å². The van der Waals surface area contributed by atoms with Gasteiger partial charge in [0.1, 0.15) is 23.1 Å². The fourth-order valence-corrected chi connectivity index (χ4v) is 3.28. The minimum atomic E-state index is -4.53. The Bertz CT molecular complexity index is 1040. The maximum Gasteiger partial charge on any atom is 0.243 e. The first-order valence-electron chi connectivity index (χ1n) is 6.93. The van der Waals surface area contributed by atoms with Crippen LogP contribution in [-0.4, -0.2) is 13.6 Å². The lowest BCUT2D eigenvalue weighted by Crippen LogP contribution is -2.16. The van der Waals surface area contributed by atoms with Gasteiger partial charge in [-0.3, -0.25) is 0 Å². The Balaban J connectivity index is 2.22. The van der Waals surface area contributed by atoms with Crippen LogP contribution in [0.2, 0.25) is 5.02 Å². The standard InChI is InChI=1S/C16H11ClF2N2O3S/c1-8-14(15(21-24-8)9-2-4-11(17)5-3-9)10-6-12(18)16(13(19)7-10)25(20,22)23/h2-7H,1H3,(H2,20,22,23). The smallest absolute Gasteiger partial charge is 0.243 e. The summed E-state index contributed by atoms with van der Waals surface area (Å²) >= 11 is 5.85. The van der Waals surface area contributed by atoms with E-state index in [0.29, 0.717) is 27.6 Å². The second kappa shape index (κ2) is 6.21. The molecule has 0 unspecified atom stereocenters. The minimum absolute atomic E-state index is 0.0751. The van der Waals surface area contributed by atoms with Crippen molar-refractivity contribution in [3.8, 4) is 22.4 Å². The Hall–Kier alpha value is -2.29. The minimum Gasteiger partial charge on any atom is -0.360 e. The first-order chi connectivity index (χ1) is 11.7. The average Bonchev–Trinajstić information content (AvgIpc) is 2.87. The van der Waals surface area contributed by atoms with Crippen molar-refractivity contribution in [1.82, 2.24) is 5.16 Å². The van der Waals surface area contributed by atoms with Crippen molar-refractivity contribution in [3.05, 3.63) is 58.8 Å². The van der Waals surface area contributed by atoms with Gasteiger partial charge in [-0.05, 0) is 36.8 Å². The van der Waals surface area contributed by atoms with E-state index >= 15 is 0 Å². The highest BCUT2D eigenvalue weighted by Gasteiger charge is 2.24. The number of aryl methyl sites for hydroxylation is 1. The van der Waals surface area contributed by atoms with Crippen molar-refractivity contribution in [2.75, 3.05) is 0 Å². The van der Waals surface area contributed by atoms with Crippen LogP contribution in [-0.2, 0) is 10.0 Å². The molecule has 25 heavy (non-hydrogen) atoms. The van der Waals surface area contributed by atoms with E-state index in [1.54, 1.807) is 31.2 Å². The number of hydrogen-bond acceptors (Lipinski definition) is 4. The fraction of sp³-hybridized carbons (Fsp3) is 0.0625. The highest BCUT2D eigenvalue weighted by atomic mass is 35.5. The van der Waals surface area contributed by atoms with Crippen LogP contribution in [0.4, 0.5) is 8.78 Å². The highest BCUT2D eigenvalue weighted by Crippen LogP contribution is 2.36. The molecule has 9 heteroatoms. The molecule has 0 aliphatic carbocycles. The van der Waals surface area contributed by atoms with Gasteiger partial charge in [-0.15, -0.1) is 0 Å². The molecule has 5 nitrogen and oxygen atoms in total. The number of sulfonamides is 1. The molecule has 3 aromatic rings. The summed E-state index contributed by atoms with van der Waals surface area (Å²) in [5.74, 6) is -2.27. The summed E-state index contributed by atoms with van der Waals surface area (Å²) in [6.07, 6.45) is 0. The molecule has 0 saturated heterocycles. The zero-order chi connectivity index (χ0) is 18.4. The first-order valence-corrected chi connectivity index (χ1v) is 8.85. The molecule has 0 aliphatic rings. The van der Waals surface area contributed by atoms with Crippen LogP contribution in [0.3, 0.4) is 0 Å². The highest BCUT2D eigenvalue weighted by molar-refractivity contribution is 7.89. The van der Waals surface area contributed by atoms with Crippen LogP contribution in [0, 0.1) is 18.6 Å². The molecule has 1 heterocycles. The molecule has 1 aromatic heterocycles. The van der Waals surface area contributed by atoms with Gasteiger partial charge in [-0.25, -0.2) is 22.3 Å². The van der Waals surface area contributed by atoms with Crippen LogP contribution in [0.1, 0.15) is 5.76 Å². The summed E-state index contributed by atoms with van der Waals surface area (Å²) in [4.78, 5) is -1.18. The quantitative estimate of drug-likeness (QED) is 0.742. The normalized spacial score (nSPS) is 11.7. The molecule has 0 spiro atoms. The second-order valence-electron chi connectivity index (χ2n) is 5.28. The molecule has 2 aromatic carbocycles. The lowest BCUT2D eigenvalue weighted by molar-refractivity contribution is 0.400. The van der Waals surface area contributed by atoms with Crippen LogP contribution >= 0.6 is 11.6 Å². The Morgan fingerprint density at radius 1 is 1.08 bits per heavy atom. The first kappa shape index (κ1) is 17.5. The lowest BCUT2D eigenvalue weighted by Gasteiger charge is -2.07. The SMILES string of the molecule is Cc1onc(-c2ccc(Cl)cc2)c1-c1cc(F)c(S(N)(=O)=O)c(F)c1. The average molecular weight is 385 g/mol. The molecule has 3 rings (SSSR count). The third-order valence-electron chi connectivity index (χ3n) is 3.55. The topological polar surface area (TPSA) is 86.2 Å². The molecule has 0 radical (unpaired) electrons. The zero-order valence-electron chi connectivity index (χ0n) is 12.8. The number of primary sulfonamides is 1. The van der Waals surface area contributed by atoms with Crippen molar-refractivity contribution in [2.45, 2.75) is 11.8 Å². The second-order valence-corrected chi connectivity index (χ2v) is 7.22. The molecular weight excluding hydrogens is 374 g/mol. The van der Waals surface area contributed by atoms with E-state index in [-0.39, 0.29) is 5.56 Å². The van der Waals surface area contributed by atoms with Crippen LogP contribution in [0.15, 0.2) is 45.8 Å². The van der Waals surface area contributed by atoms with Crippen molar-refractivity contribution in [3.63, 3.8) is 0 Å². The predicted octanol–water partition coefficient (Wildman–Crippen LogP) is 3.90. The van der Waals surface area contributed by atoms with Gasteiger partial charge in [0.15, 0.2) is 4.90 Å². The number of hydrogen-bond donors (Lipinski definition) is 1. The Kier molecular flexibility index (Phi) is 4.36. The number of rotatable bonds is 3. The number of nitrogens with zero attached hydrogens (tertiary/aromatic N) is 1. The summed E-state index contributed by atoms with van der Waals surface area (Å²) in [6, 6.07) is 8.37. The van der Waals surface area contributed by atoms with Gasteiger partial charge in [0.2, 0.25) is 10.0 Å². The van der Waals surface area contributed by atoms with E-state index < -0.39 is 26.6 Å². The maximum absolute atomic E-state index is 14.1. The van der Waals surface area contributed by atoms with Gasteiger partial charge in [-0.1, -0.05) is 28.9 Å². The van der Waals surface area contributed by atoms with Gasteiger partial charge in [0.05, 0.1) is 5.56 Å². The fourth-order valence-electron chi connectivity index (χ4n) is 2.49. The van der Waals surface area contributed by atoms with E-state index in [1.165, 1.54) is 0 Å². The van der Waals surface area contributed by atoms with Crippen molar-refractivity contribution in [1.29, 1.82) is 0 Å². The van der Waals surface area contributed by atoms with Gasteiger partial charge in [0.25, 0.3) is 0 Å². The summed E-state index contributed by atoms with van der Waals surface area (Å²) in [5, 5.41) is 9.27. The van der Waals surface area contributed by atoms with E-state index in [1.807, 2.05) is 0 Å². The van der Waals surface area contributed by atoms with Gasteiger partial charge >= 0.3 is 0 Å². The number of benzene rings is 2. The molecule has 130 valence electrons. The summed E-state index contributed by atoms with van der Waals surface area (Å²) in [7, 11) is -4.53. The lowest BCUT2D eigenvalue weighted by atomic mass is 9.99. The maximum atomic E-state index is 14.1. The summed E-state index contributed by atoms with van der Waals surface area (Å²) in [5.41, 5.74) is 1.37. The summed E-state index contributed by atoms with van der Waals surface area (Å²) < 4.78 is 56.1. The van der Waals surface area contributed by atoms with E-state index in [0.717, 1.165) is 12.1 Å². The van der Waals surface area contributed by atoms with Crippen molar-refractivity contribution < 1.29 is 21.7 Å². The van der Waals surface area contributed by atoms with Gasteiger partial charge < -0.3 is 4.52 Å². The molecule has 0 saturated carbocycles. The largest absolute Gasteiger partial charge is 0.360 e. The molecule has 0 atom stereocenters. The molecule has 0 aliphatic heterocycles. The summed E-state index contributed by atoms with van der Waals surface area (Å²) in [6.45, 7) is 1.57. The molecule has 0 bridgehead atoms. The van der Waals surface area contributed by atoms with Crippen molar-refractivity contribution in [2.24, 2.45) is 5.14 Å².